The predicted molar refractivity (Wildman–Crippen MR) is 88.7 cm³/mol. The summed E-state index contributed by atoms with van der Waals surface area (Å²) in [5, 5.41) is 2.93. The summed E-state index contributed by atoms with van der Waals surface area (Å²) in [5.74, 6) is 1.00. The van der Waals surface area contributed by atoms with Crippen LogP contribution < -0.4 is 14.8 Å². The summed E-state index contributed by atoms with van der Waals surface area (Å²) in [6.07, 6.45) is 0.975. The summed E-state index contributed by atoms with van der Waals surface area (Å²) < 4.78 is 10.4. The van der Waals surface area contributed by atoms with E-state index in [0.717, 1.165) is 6.42 Å². The van der Waals surface area contributed by atoms with Crippen LogP contribution >= 0.6 is 15.9 Å². The fourth-order valence-corrected chi connectivity index (χ4v) is 3.16. The first-order chi connectivity index (χ1) is 9.76. The Kier molecular flexibility index (Phi) is 6.52. The molecule has 0 bridgehead atoms. The van der Waals surface area contributed by atoms with Crippen molar-refractivity contribution < 1.29 is 14.3 Å². The van der Waals surface area contributed by atoms with Crippen molar-refractivity contribution in [2.75, 3.05) is 20.8 Å². The molecule has 0 aliphatic heterocycles. The Balaban J connectivity index is 2.71. The lowest BCUT2D eigenvalue weighted by Crippen LogP contribution is -2.31. The number of alkyl halides is 1. The lowest BCUT2D eigenvalue weighted by Gasteiger charge is -2.22. The number of nitrogens with one attached hydrogen (secondary N) is 1. The summed E-state index contributed by atoms with van der Waals surface area (Å²) in [7, 11) is 3.12. The van der Waals surface area contributed by atoms with Gasteiger partial charge >= 0.3 is 0 Å². The number of benzene rings is 1. The molecule has 4 nitrogen and oxygen atoms in total. The van der Waals surface area contributed by atoms with Gasteiger partial charge in [0.05, 0.1) is 19.8 Å². The molecule has 0 spiro atoms. The molecule has 0 aliphatic carbocycles. The lowest BCUT2D eigenvalue weighted by atomic mass is 9.90. The smallest absolute Gasteiger partial charge is 0.255 e. The molecule has 0 heterocycles. The summed E-state index contributed by atoms with van der Waals surface area (Å²) in [6.45, 7) is 7.09. The van der Waals surface area contributed by atoms with E-state index in [-0.39, 0.29) is 16.1 Å². The van der Waals surface area contributed by atoms with Gasteiger partial charge in [-0.05, 0) is 30.0 Å². The molecule has 1 aromatic carbocycles. The maximum atomic E-state index is 12.3. The van der Waals surface area contributed by atoms with Gasteiger partial charge in [-0.2, -0.15) is 0 Å². The van der Waals surface area contributed by atoms with Crippen LogP contribution in [0.15, 0.2) is 18.2 Å². The van der Waals surface area contributed by atoms with E-state index in [0.29, 0.717) is 23.6 Å². The van der Waals surface area contributed by atoms with Crippen molar-refractivity contribution in [1.29, 1.82) is 0 Å². The number of carbonyl (C=O) groups excluding carboxylic acids is 1. The van der Waals surface area contributed by atoms with Gasteiger partial charge in [0.1, 0.15) is 11.5 Å². The fourth-order valence-electron chi connectivity index (χ4n) is 2.03. The van der Waals surface area contributed by atoms with Crippen LogP contribution in [0, 0.1) is 5.41 Å². The molecule has 1 unspecified atom stereocenters. The van der Waals surface area contributed by atoms with Crippen LogP contribution in [0.3, 0.4) is 0 Å². The van der Waals surface area contributed by atoms with Crippen molar-refractivity contribution in [3.05, 3.63) is 23.8 Å². The highest BCUT2D eigenvalue weighted by atomic mass is 79.9. The molecule has 0 saturated heterocycles. The molecule has 0 saturated carbocycles. The largest absolute Gasteiger partial charge is 0.497 e. The highest BCUT2D eigenvalue weighted by Gasteiger charge is 2.19. The number of rotatable bonds is 6. The Morgan fingerprint density at radius 3 is 2.48 bits per heavy atom. The van der Waals surface area contributed by atoms with Crippen molar-refractivity contribution in [3.63, 3.8) is 0 Å². The zero-order valence-corrected chi connectivity index (χ0v) is 14.9. The molecule has 0 aromatic heterocycles. The number of ether oxygens (including phenoxy) is 2. The van der Waals surface area contributed by atoms with Crippen LogP contribution in [-0.4, -0.2) is 31.5 Å². The topological polar surface area (TPSA) is 47.6 Å². The standard InChI is InChI=1S/C16H24BrNO3/c1-16(2,3)9-11(17)10-18-15(19)13-8-12(20-4)6-7-14(13)21-5/h6-8,11H,9-10H2,1-5H3,(H,18,19). The molecule has 1 rings (SSSR count). The minimum atomic E-state index is -0.163. The van der Waals surface area contributed by atoms with Crippen LogP contribution in [0.1, 0.15) is 37.6 Å². The lowest BCUT2D eigenvalue weighted by molar-refractivity contribution is 0.0949. The summed E-state index contributed by atoms with van der Waals surface area (Å²) in [5.41, 5.74) is 0.694. The maximum Gasteiger partial charge on any atom is 0.255 e. The van der Waals surface area contributed by atoms with Gasteiger partial charge in [0, 0.05) is 11.4 Å². The first-order valence-electron chi connectivity index (χ1n) is 6.91. The molecule has 1 N–H and O–H groups in total. The normalized spacial score (nSPS) is 12.7. The molecule has 1 amide bonds. The number of amides is 1. The van der Waals surface area contributed by atoms with Crippen LogP contribution in [0.25, 0.3) is 0 Å². The van der Waals surface area contributed by atoms with E-state index in [1.54, 1.807) is 32.4 Å². The van der Waals surface area contributed by atoms with E-state index in [4.69, 9.17) is 9.47 Å². The number of hydrogen-bond acceptors (Lipinski definition) is 3. The molecule has 118 valence electrons. The van der Waals surface area contributed by atoms with Gasteiger partial charge in [0.15, 0.2) is 0 Å². The van der Waals surface area contributed by atoms with E-state index in [1.807, 2.05) is 0 Å². The van der Waals surface area contributed by atoms with Crippen molar-refractivity contribution in [1.82, 2.24) is 5.32 Å². The number of carbonyl (C=O) groups is 1. The van der Waals surface area contributed by atoms with E-state index in [1.165, 1.54) is 0 Å². The molecule has 0 radical (unpaired) electrons. The van der Waals surface area contributed by atoms with E-state index in [9.17, 15) is 4.79 Å². The maximum absolute atomic E-state index is 12.3. The van der Waals surface area contributed by atoms with Gasteiger partial charge in [-0.3, -0.25) is 4.79 Å². The third kappa shape index (κ3) is 5.96. The van der Waals surface area contributed by atoms with Crippen LogP contribution in [-0.2, 0) is 0 Å². The Morgan fingerprint density at radius 1 is 1.29 bits per heavy atom. The number of halogens is 1. The van der Waals surface area contributed by atoms with E-state index in [2.05, 4.69) is 42.0 Å². The first-order valence-corrected chi connectivity index (χ1v) is 7.82. The van der Waals surface area contributed by atoms with Crippen molar-refractivity contribution in [2.45, 2.75) is 32.0 Å². The molecular weight excluding hydrogens is 334 g/mol. The predicted octanol–water partition coefficient (Wildman–Crippen LogP) is 3.63. The van der Waals surface area contributed by atoms with Crippen LogP contribution in [0.2, 0.25) is 0 Å². The summed E-state index contributed by atoms with van der Waals surface area (Å²) in [6, 6.07) is 5.18. The second kappa shape index (κ2) is 7.69. The molecule has 1 aromatic rings. The minimum absolute atomic E-state index is 0.163. The average Bonchev–Trinajstić information content (AvgIpc) is 2.42. The SMILES string of the molecule is COc1ccc(OC)c(C(=O)NCC(Br)CC(C)(C)C)c1. The first kappa shape index (κ1) is 17.8. The molecule has 21 heavy (non-hydrogen) atoms. The van der Waals surface area contributed by atoms with E-state index < -0.39 is 0 Å². The third-order valence-corrected chi connectivity index (χ3v) is 3.62. The summed E-state index contributed by atoms with van der Waals surface area (Å²) >= 11 is 3.61. The molecule has 0 aliphatic rings. The van der Waals surface area contributed by atoms with Gasteiger partial charge in [0.25, 0.3) is 5.91 Å². The van der Waals surface area contributed by atoms with Gasteiger partial charge in [-0.1, -0.05) is 36.7 Å². The van der Waals surface area contributed by atoms with E-state index >= 15 is 0 Å². The van der Waals surface area contributed by atoms with Gasteiger partial charge < -0.3 is 14.8 Å². The molecule has 0 fully saturated rings. The van der Waals surface area contributed by atoms with Crippen molar-refractivity contribution >= 4 is 21.8 Å². The van der Waals surface area contributed by atoms with Crippen molar-refractivity contribution in [2.24, 2.45) is 5.41 Å². The highest BCUT2D eigenvalue weighted by Crippen LogP contribution is 2.25. The Morgan fingerprint density at radius 2 is 1.95 bits per heavy atom. The van der Waals surface area contributed by atoms with Crippen LogP contribution in [0.4, 0.5) is 0 Å². The summed E-state index contributed by atoms with van der Waals surface area (Å²) in [4.78, 5) is 12.5. The quantitative estimate of drug-likeness (QED) is 0.790. The zero-order valence-electron chi connectivity index (χ0n) is 13.3. The second-order valence-electron chi connectivity index (χ2n) is 6.14. The average molecular weight is 358 g/mol. The molecular formula is C16H24BrNO3. The van der Waals surface area contributed by atoms with Crippen molar-refractivity contribution in [3.8, 4) is 11.5 Å². The second-order valence-corrected chi connectivity index (χ2v) is 7.43. The van der Waals surface area contributed by atoms with Crippen LogP contribution in [0.5, 0.6) is 11.5 Å². The Labute approximate surface area is 135 Å². The Hall–Kier alpha value is -1.23. The minimum Gasteiger partial charge on any atom is -0.497 e. The number of hydrogen-bond donors (Lipinski definition) is 1. The molecule has 1 atom stereocenters. The number of methoxy groups -OCH3 is 2. The fraction of sp³-hybridized carbons (Fsp3) is 0.562. The molecule has 5 heteroatoms. The van der Waals surface area contributed by atoms with Gasteiger partial charge in [0.2, 0.25) is 0 Å². The third-order valence-electron chi connectivity index (χ3n) is 2.97. The monoisotopic (exact) mass is 357 g/mol. The van der Waals surface area contributed by atoms with Gasteiger partial charge in [-0.25, -0.2) is 0 Å². The Bertz CT molecular complexity index is 483. The highest BCUT2D eigenvalue weighted by molar-refractivity contribution is 9.09. The zero-order chi connectivity index (χ0) is 16.0. The van der Waals surface area contributed by atoms with Gasteiger partial charge in [-0.15, -0.1) is 0 Å².